The van der Waals surface area contributed by atoms with E-state index in [1.807, 2.05) is 6.07 Å². The third kappa shape index (κ3) is 8.18. The fourth-order valence-corrected chi connectivity index (χ4v) is 3.17. The third-order valence-electron chi connectivity index (χ3n) is 4.85. The van der Waals surface area contributed by atoms with Crippen molar-refractivity contribution in [1.82, 2.24) is 0 Å². The van der Waals surface area contributed by atoms with E-state index in [-0.39, 0.29) is 5.97 Å². The van der Waals surface area contributed by atoms with Crippen LogP contribution in [0.2, 0.25) is 0 Å². The molecule has 3 heteroatoms. The molecule has 0 bridgehead atoms. The predicted molar refractivity (Wildman–Crippen MR) is 109 cm³/mol. The topological polar surface area (TPSA) is 46.5 Å². The van der Waals surface area contributed by atoms with Crippen molar-refractivity contribution in [1.29, 1.82) is 0 Å². The number of methoxy groups -OCH3 is 1. The standard InChI is InChI=1S/C23H36O3/c1-4-6-11-18-23(25,17-7-5-2)21-15-12-14-20(19-21)13-9-8-10-16-22(24)26-3/h9,12-15,19,25H,4-8,10-11,16-18H2,1-3H3. The molecule has 0 heterocycles. The van der Waals surface area contributed by atoms with Crippen LogP contribution in [0.25, 0.3) is 6.08 Å². The first-order valence-electron chi connectivity index (χ1n) is 10.1. The minimum atomic E-state index is -0.722. The number of hydrogen-bond donors (Lipinski definition) is 1. The number of rotatable bonds is 13. The lowest BCUT2D eigenvalue weighted by molar-refractivity contribution is -0.140. The van der Waals surface area contributed by atoms with Gasteiger partial charge in [0.25, 0.3) is 0 Å². The molecule has 146 valence electrons. The monoisotopic (exact) mass is 360 g/mol. The van der Waals surface area contributed by atoms with Crippen molar-refractivity contribution >= 4 is 12.0 Å². The maximum absolute atomic E-state index is 11.3. The normalized spacial score (nSPS) is 13.7. The van der Waals surface area contributed by atoms with Crippen LogP contribution in [-0.4, -0.2) is 18.2 Å². The number of hydrogen-bond acceptors (Lipinski definition) is 3. The number of aliphatic hydroxyl groups is 1. The highest BCUT2D eigenvalue weighted by atomic mass is 16.5. The molecule has 0 amide bonds. The number of ether oxygens (including phenoxy) is 1. The van der Waals surface area contributed by atoms with E-state index in [1.165, 1.54) is 7.11 Å². The number of carbonyl (C=O) groups is 1. The summed E-state index contributed by atoms with van der Waals surface area (Å²) in [6, 6.07) is 8.25. The molecule has 1 aromatic rings. The Balaban J connectivity index is 2.74. The highest BCUT2D eigenvalue weighted by molar-refractivity contribution is 5.69. The van der Waals surface area contributed by atoms with Gasteiger partial charge in [0.05, 0.1) is 12.7 Å². The summed E-state index contributed by atoms with van der Waals surface area (Å²) in [5, 5.41) is 11.3. The van der Waals surface area contributed by atoms with E-state index in [1.54, 1.807) is 0 Å². The molecule has 3 nitrogen and oxygen atoms in total. The van der Waals surface area contributed by atoms with Crippen LogP contribution in [-0.2, 0) is 15.1 Å². The second kappa shape index (κ2) is 12.7. The Morgan fingerprint density at radius 1 is 1.12 bits per heavy atom. The van der Waals surface area contributed by atoms with Crippen LogP contribution in [0.3, 0.4) is 0 Å². The number of esters is 1. The lowest BCUT2D eigenvalue weighted by atomic mass is 9.83. The first kappa shape index (κ1) is 22.4. The predicted octanol–water partition coefficient (Wildman–Crippen LogP) is 6.00. The van der Waals surface area contributed by atoms with Crippen molar-refractivity contribution in [3.8, 4) is 0 Å². The van der Waals surface area contributed by atoms with Gasteiger partial charge in [-0.2, -0.15) is 0 Å². The highest BCUT2D eigenvalue weighted by Crippen LogP contribution is 2.33. The minimum absolute atomic E-state index is 0.159. The fourth-order valence-electron chi connectivity index (χ4n) is 3.17. The molecular weight excluding hydrogens is 324 g/mol. The number of allylic oxidation sites excluding steroid dienone is 1. The van der Waals surface area contributed by atoms with Gasteiger partial charge in [0, 0.05) is 6.42 Å². The molecule has 0 aromatic heterocycles. The molecule has 1 unspecified atom stereocenters. The minimum Gasteiger partial charge on any atom is -0.469 e. The summed E-state index contributed by atoms with van der Waals surface area (Å²) in [6.45, 7) is 4.36. The molecule has 0 fully saturated rings. The van der Waals surface area contributed by atoms with Gasteiger partial charge in [-0.25, -0.2) is 0 Å². The molecule has 0 aliphatic carbocycles. The van der Waals surface area contributed by atoms with Gasteiger partial charge < -0.3 is 9.84 Å². The van der Waals surface area contributed by atoms with Crippen LogP contribution in [0.4, 0.5) is 0 Å². The Kier molecular flexibility index (Phi) is 11.0. The molecule has 1 N–H and O–H groups in total. The van der Waals surface area contributed by atoms with Crippen LogP contribution in [0, 0.1) is 0 Å². The summed E-state index contributed by atoms with van der Waals surface area (Å²) in [7, 11) is 1.42. The fraction of sp³-hybridized carbons (Fsp3) is 0.609. The maximum Gasteiger partial charge on any atom is 0.305 e. The zero-order chi connectivity index (χ0) is 19.3. The van der Waals surface area contributed by atoms with E-state index in [4.69, 9.17) is 0 Å². The second-order valence-electron chi connectivity index (χ2n) is 7.09. The number of carbonyl (C=O) groups excluding carboxylic acids is 1. The lowest BCUT2D eigenvalue weighted by Crippen LogP contribution is -2.25. The van der Waals surface area contributed by atoms with Crippen molar-refractivity contribution in [3.63, 3.8) is 0 Å². The molecule has 0 spiro atoms. The molecule has 1 rings (SSSR count). The van der Waals surface area contributed by atoms with Crippen LogP contribution in [0.15, 0.2) is 30.3 Å². The van der Waals surface area contributed by atoms with Gasteiger partial charge in [-0.1, -0.05) is 76.3 Å². The summed E-state index contributed by atoms with van der Waals surface area (Å²) >= 11 is 0. The number of benzene rings is 1. The summed E-state index contributed by atoms with van der Waals surface area (Å²) in [4.78, 5) is 11.1. The van der Waals surface area contributed by atoms with Gasteiger partial charge in [-0.05, 0) is 42.9 Å². The molecule has 1 atom stereocenters. The molecule has 1 aromatic carbocycles. The van der Waals surface area contributed by atoms with Crippen molar-refractivity contribution in [3.05, 3.63) is 41.5 Å². The largest absolute Gasteiger partial charge is 0.469 e. The van der Waals surface area contributed by atoms with E-state index in [0.717, 1.165) is 68.9 Å². The van der Waals surface area contributed by atoms with Crippen LogP contribution in [0.5, 0.6) is 0 Å². The molecule has 0 aliphatic rings. The summed E-state index contributed by atoms with van der Waals surface area (Å²) < 4.78 is 4.65. The maximum atomic E-state index is 11.3. The van der Waals surface area contributed by atoms with Gasteiger partial charge in [0.1, 0.15) is 0 Å². The van der Waals surface area contributed by atoms with Gasteiger partial charge in [-0.15, -0.1) is 0 Å². The van der Waals surface area contributed by atoms with Gasteiger partial charge in [0.2, 0.25) is 0 Å². The molecular formula is C23H36O3. The van der Waals surface area contributed by atoms with Gasteiger partial charge in [-0.3, -0.25) is 4.79 Å². The Hall–Kier alpha value is -1.61. The Labute approximate surface area is 159 Å². The van der Waals surface area contributed by atoms with Gasteiger partial charge in [0.15, 0.2) is 0 Å². The third-order valence-corrected chi connectivity index (χ3v) is 4.85. The van der Waals surface area contributed by atoms with Gasteiger partial charge >= 0.3 is 5.97 Å². The van der Waals surface area contributed by atoms with Crippen LogP contribution in [0.1, 0.15) is 89.2 Å². The zero-order valence-electron chi connectivity index (χ0n) is 16.8. The van der Waals surface area contributed by atoms with E-state index in [2.05, 4.69) is 48.9 Å². The number of unbranched alkanes of at least 4 members (excludes halogenated alkanes) is 4. The quantitative estimate of drug-likeness (QED) is 0.346. The van der Waals surface area contributed by atoms with E-state index in [0.29, 0.717) is 6.42 Å². The highest BCUT2D eigenvalue weighted by Gasteiger charge is 2.27. The molecule has 0 saturated heterocycles. The van der Waals surface area contributed by atoms with Crippen molar-refractivity contribution < 1.29 is 14.6 Å². The van der Waals surface area contributed by atoms with Crippen molar-refractivity contribution in [2.75, 3.05) is 7.11 Å². The lowest BCUT2D eigenvalue weighted by Gasteiger charge is -2.29. The Morgan fingerprint density at radius 3 is 2.54 bits per heavy atom. The summed E-state index contributed by atoms with van der Waals surface area (Å²) in [5.74, 6) is -0.159. The van der Waals surface area contributed by atoms with E-state index < -0.39 is 5.60 Å². The zero-order valence-corrected chi connectivity index (χ0v) is 16.8. The van der Waals surface area contributed by atoms with Crippen molar-refractivity contribution in [2.24, 2.45) is 0 Å². The molecule has 0 aliphatic heterocycles. The Bertz CT molecular complexity index is 550. The first-order valence-corrected chi connectivity index (χ1v) is 10.1. The summed E-state index contributed by atoms with van der Waals surface area (Å²) in [6.07, 6.45) is 13.4. The molecule has 0 saturated carbocycles. The van der Waals surface area contributed by atoms with E-state index >= 15 is 0 Å². The summed E-state index contributed by atoms with van der Waals surface area (Å²) in [5.41, 5.74) is 1.41. The van der Waals surface area contributed by atoms with E-state index in [9.17, 15) is 9.90 Å². The van der Waals surface area contributed by atoms with Crippen molar-refractivity contribution in [2.45, 2.75) is 83.7 Å². The SMILES string of the molecule is CCCCCC(O)(CCCC)c1cccc(C=CCCCC(=O)OC)c1. The molecule has 0 radical (unpaired) electrons. The molecule has 26 heavy (non-hydrogen) atoms. The van der Waals surface area contributed by atoms with Crippen LogP contribution >= 0.6 is 0 Å². The Morgan fingerprint density at radius 2 is 1.85 bits per heavy atom. The average Bonchev–Trinajstić information content (AvgIpc) is 2.66. The smallest absolute Gasteiger partial charge is 0.305 e. The average molecular weight is 361 g/mol. The second-order valence-corrected chi connectivity index (χ2v) is 7.09. The first-order chi connectivity index (χ1) is 12.6. The van der Waals surface area contributed by atoms with Crippen LogP contribution < -0.4 is 0 Å².